The van der Waals surface area contributed by atoms with Crippen LogP contribution >= 0.6 is 0 Å². The molecule has 2 N–H and O–H groups in total. The van der Waals surface area contributed by atoms with E-state index in [1.54, 1.807) is 18.2 Å². The van der Waals surface area contributed by atoms with Crippen LogP contribution in [0.15, 0.2) is 21.5 Å². The minimum Gasteiger partial charge on any atom is -0.469 e. The Morgan fingerprint density at radius 3 is 2.67 bits per heavy atom. The zero-order valence-electron chi connectivity index (χ0n) is 14.6. The van der Waals surface area contributed by atoms with E-state index in [4.69, 9.17) is 4.42 Å². The van der Waals surface area contributed by atoms with Gasteiger partial charge in [0.15, 0.2) is 0 Å². The Labute approximate surface area is 141 Å². The molecule has 2 aromatic rings. The number of carbonyl (C=O) groups excluding carboxylic acids is 1. The van der Waals surface area contributed by atoms with E-state index in [2.05, 4.69) is 15.5 Å². The molecule has 2 rings (SSSR count). The summed E-state index contributed by atoms with van der Waals surface area (Å²) in [5.41, 5.74) is 3.05. The molecule has 0 aliphatic rings. The Morgan fingerprint density at radius 2 is 2.08 bits per heavy atom. The fourth-order valence-corrected chi connectivity index (χ4v) is 2.66. The number of furan rings is 1. The van der Waals surface area contributed by atoms with Crippen molar-refractivity contribution in [1.29, 1.82) is 0 Å². The lowest BCUT2D eigenvalue weighted by atomic mass is 10.0. The molecule has 0 bridgehead atoms. The van der Waals surface area contributed by atoms with Crippen LogP contribution < -0.4 is 10.9 Å². The molecule has 0 saturated heterocycles. The Morgan fingerprint density at radius 1 is 1.33 bits per heavy atom. The second kappa shape index (κ2) is 7.81. The highest BCUT2D eigenvalue weighted by atomic mass is 16.3. The number of rotatable bonds is 6. The van der Waals surface area contributed by atoms with Gasteiger partial charge in [-0.25, -0.2) is 9.89 Å². The summed E-state index contributed by atoms with van der Waals surface area (Å²) >= 11 is 0. The van der Waals surface area contributed by atoms with E-state index in [9.17, 15) is 9.59 Å². The molecular weight excluding hydrogens is 308 g/mol. The predicted molar refractivity (Wildman–Crippen MR) is 90.8 cm³/mol. The fraction of sp³-hybridized carbons (Fsp3) is 0.471. The highest BCUT2D eigenvalue weighted by Crippen LogP contribution is 2.12. The first kappa shape index (κ1) is 17.8. The SMILES string of the molecule is CCc1n[nH]c(=O)c(CNC(=O)N(C)Cc2ccoc2C)c1CC. The molecule has 0 aliphatic carbocycles. The number of nitrogens with zero attached hydrogens (tertiary/aromatic N) is 2. The number of aryl methyl sites for hydroxylation is 2. The summed E-state index contributed by atoms with van der Waals surface area (Å²) < 4.78 is 5.24. The number of carbonyl (C=O) groups is 1. The molecule has 0 aromatic carbocycles. The van der Waals surface area contributed by atoms with Crippen LogP contribution in [-0.2, 0) is 25.9 Å². The first-order chi connectivity index (χ1) is 11.5. The zero-order chi connectivity index (χ0) is 17.7. The Kier molecular flexibility index (Phi) is 5.78. The van der Waals surface area contributed by atoms with Gasteiger partial charge in [-0.05, 0) is 31.4 Å². The lowest BCUT2D eigenvalue weighted by molar-refractivity contribution is 0.206. The van der Waals surface area contributed by atoms with Gasteiger partial charge < -0.3 is 14.6 Å². The van der Waals surface area contributed by atoms with E-state index in [1.807, 2.05) is 26.8 Å². The third-order valence-electron chi connectivity index (χ3n) is 4.10. The molecule has 0 aliphatic heterocycles. The smallest absolute Gasteiger partial charge is 0.317 e. The number of nitrogens with one attached hydrogen (secondary N) is 2. The molecule has 0 atom stereocenters. The van der Waals surface area contributed by atoms with Crippen LogP contribution in [-0.4, -0.2) is 28.2 Å². The van der Waals surface area contributed by atoms with Crippen LogP contribution in [0, 0.1) is 6.92 Å². The molecule has 130 valence electrons. The van der Waals surface area contributed by atoms with E-state index in [0.717, 1.165) is 29.0 Å². The van der Waals surface area contributed by atoms with Crippen LogP contribution in [0.5, 0.6) is 0 Å². The molecule has 2 aromatic heterocycles. The summed E-state index contributed by atoms with van der Waals surface area (Å²) in [5.74, 6) is 0.793. The number of urea groups is 1. The fourth-order valence-electron chi connectivity index (χ4n) is 2.66. The standard InChI is InChI=1S/C17H24N4O3/c1-5-13-14(16(22)20-19-15(13)6-2)9-18-17(23)21(4)10-12-7-8-24-11(12)3/h7-8H,5-6,9-10H2,1-4H3,(H,18,23)(H,20,22). The summed E-state index contributed by atoms with van der Waals surface area (Å²) in [6.07, 6.45) is 3.04. The summed E-state index contributed by atoms with van der Waals surface area (Å²) in [5, 5.41) is 9.39. The molecule has 0 fully saturated rings. The van der Waals surface area contributed by atoms with Gasteiger partial charge in [-0.3, -0.25) is 4.79 Å². The molecule has 2 heterocycles. The largest absolute Gasteiger partial charge is 0.469 e. The van der Waals surface area contributed by atoms with Crippen molar-refractivity contribution < 1.29 is 9.21 Å². The third kappa shape index (κ3) is 3.84. The van der Waals surface area contributed by atoms with E-state index in [1.165, 1.54) is 0 Å². The van der Waals surface area contributed by atoms with Crippen molar-refractivity contribution in [3.05, 3.63) is 50.8 Å². The molecule has 7 heteroatoms. The summed E-state index contributed by atoms with van der Waals surface area (Å²) in [4.78, 5) is 25.9. The summed E-state index contributed by atoms with van der Waals surface area (Å²) in [6, 6.07) is 1.60. The molecule has 0 spiro atoms. The van der Waals surface area contributed by atoms with Crippen molar-refractivity contribution in [1.82, 2.24) is 20.4 Å². The van der Waals surface area contributed by atoms with Crippen molar-refractivity contribution in [3.8, 4) is 0 Å². The first-order valence-electron chi connectivity index (χ1n) is 8.09. The number of hydrogen-bond acceptors (Lipinski definition) is 4. The molecule has 0 unspecified atom stereocenters. The van der Waals surface area contributed by atoms with Gasteiger partial charge in [0.05, 0.1) is 25.0 Å². The zero-order valence-corrected chi connectivity index (χ0v) is 14.6. The lowest BCUT2D eigenvalue weighted by Gasteiger charge is -2.18. The average molecular weight is 332 g/mol. The Balaban J connectivity index is 2.06. The van der Waals surface area contributed by atoms with Crippen molar-refractivity contribution in [2.24, 2.45) is 0 Å². The highest BCUT2D eigenvalue weighted by Gasteiger charge is 2.15. The molecule has 7 nitrogen and oxygen atoms in total. The average Bonchev–Trinajstić information content (AvgIpc) is 2.97. The molecular formula is C17H24N4O3. The maximum absolute atomic E-state index is 12.3. The quantitative estimate of drug-likeness (QED) is 0.848. The van der Waals surface area contributed by atoms with Gasteiger partial charge in [0.25, 0.3) is 5.56 Å². The highest BCUT2D eigenvalue weighted by molar-refractivity contribution is 5.73. The van der Waals surface area contributed by atoms with Gasteiger partial charge in [0.2, 0.25) is 0 Å². The third-order valence-corrected chi connectivity index (χ3v) is 4.10. The maximum Gasteiger partial charge on any atom is 0.317 e. The Hall–Kier alpha value is -2.57. The van der Waals surface area contributed by atoms with E-state index >= 15 is 0 Å². The minimum atomic E-state index is -0.252. The van der Waals surface area contributed by atoms with Gasteiger partial charge in [-0.1, -0.05) is 13.8 Å². The Bertz CT molecular complexity index is 763. The van der Waals surface area contributed by atoms with Gasteiger partial charge in [-0.15, -0.1) is 0 Å². The van der Waals surface area contributed by atoms with E-state index < -0.39 is 0 Å². The number of hydrogen-bond donors (Lipinski definition) is 2. The van der Waals surface area contributed by atoms with Gasteiger partial charge in [0.1, 0.15) is 5.76 Å². The normalized spacial score (nSPS) is 10.7. The second-order valence-corrected chi connectivity index (χ2v) is 5.68. The first-order valence-corrected chi connectivity index (χ1v) is 8.09. The molecule has 24 heavy (non-hydrogen) atoms. The van der Waals surface area contributed by atoms with Gasteiger partial charge >= 0.3 is 6.03 Å². The topological polar surface area (TPSA) is 91.2 Å². The minimum absolute atomic E-state index is 0.182. The number of amides is 2. The lowest BCUT2D eigenvalue weighted by Crippen LogP contribution is -2.38. The van der Waals surface area contributed by atoms with Gasteiger partial charge in [-0.2, -0.15) is 5.10 Å². The van der Waals surface area contributed by atoms with Crippen molar-refractivity contribution in [2.75, 3.05) is 7.05 Å². The van der Waals surface area contributed by atoms with E-state index in [0.29, 0.717) is 18.5 Å². The van der Waals surface area contributed by atoms with E-state index in [-0.39, 0.29) is 18.1 Å². The molecule has 2 amide bonds. The maximum atomic E-state index is 12.3. The van der Waals surface area contributed by atoms with Crippen molar-refractivity contribution >= 4 is 6.03 Å². The van der Waals surface area contributed by atoms with Crippen LogP contribution in [0.25, 0.3) is 0 Å². The van der Waals surface area contributed by atoms with Crippen molar-refractivity contribution in [3.63, 3.8) is 0 Å². The summed E-state index contributed by atoms with van der Waals surface area (Å²) in [6.45, 7) is 6.46. The molecule has 0 radical (unpaired) electrons. The van der Waals surface area contributed by atoms with Crippen LogP contribution in [0.1, 0.15) is 42.0 Å². The predicted octanol–water partition coefficient (Wildman–Crippen LogP) is 2.14. The summed E-state index contributed by atoms with van der Waals surface area (Å²) in [7, 11) is 1.71. The number of aromatic amines is 1. The van der Waals surface area contributed by atoms with Crippen molar-refractivity contribution in [2.45, 2.75) is 46.7 Å². The molecule has 0 saturated carbocycles. The van der Waals surface area contributed by atoms with Crippen LogP contribution in [0.3, 0.4) is 0 Å². The monoisotopic (exact) mass is 332 g/mol. The van der Waals surface area contributed by atoms with Crippen LogP contribution in [0.2, 0.25) is 0 Å². The second-order valence-electron chi connectivity index (χ2n) is 5.68. The number of aromatic nitrogens is 2. The number of H-pyrrole nitrogens is 1. The van der Waals surface area contributed by atoms with Gasteiger partial charge in [0, 0.05) is 18.2 Å². The van der Waals surface area contributed by atoms with Crippen LogP contribution in [0.4, 0.5) is 4.79 Å².